The molecule has 4 nitrogen and oxygen atoms in total. The van der Waals surface area contributed by atoms with Crippen molar-refractivity contribution in [3.05, 3.63) is 81.8 Å². The van der Waals surface area contributed by atoms with Gasteiger partial charge in [0.2, 0.25) is 0 Å². The minimum absolute atomic E-state index is 0.349. The highest BCUT2D eigenvalue weighted by molar-refractivity contribution is 5.82. The van der Waals surface area contributed by atoms with Crippen molar-refractivity contribution in [2.24, 2.45) is 0 Å². The Morgan fingerprint density at radius 1 is 1.00 bits per heavy atom. The summed E-state index contributed by atoms with van der Waals surface area (Å²) in [5.74, 6) is 0.666. The number of pyridine rings is 1. The van der Waals surface area contributed by atoms with Crippen LogP contribution in [-0.2, 0) is 6.61 Å². The predicted molar refractivity (Wildman–Crippen MR) is 98.0 cm³/mol. The predicted octanol–water partition coefficient (Wildman–Crippen LogP) is 4.54. The van der Waals surface area contributed by atoms with Crippen LogP contribution >= 0.6 is 0 Å². The van der Waals surface area contributed by atoms with Gasteiger partial charge in [0.25, 0.3) is 0 Å². The second-order valence-electron chi connectivity index (χ2n) is 6.13. The number of nitrogens with zero attached hydrogens (tertiary/aromatic N) is 1. The van der Waals surface area contributed by atoms with Crippen LogP contribution in [0.25, 0.3) is 21.9 Å². The van der Waals surface area contributed by atoms with Gasteiger partial charge in [0.05, 0.1) is 5.52 Å². The van der Waals surface area contributed by atoms with Crippen molar-refractivity contribution in [2.45, 2.75) is 20.5 Å². The fraction of sp³-hybridized carbons (Fsp3) is 0.143. The Kier molecular flexibility index (Phi) is 3.73. The Hall–Kier alpha value is -3.14. The molecule has 0 aliphatic heterocycles. The van der Waals surface area contributed by atoms with Gasteiger partial charge in [0.1, 0.15) is 17.9 Å². The lowest BCUT2D eigenvalue weighted by Crippen LogP contribution is -2.00. The molecular formula is C21H17NO3. The van der Waals surface area contributed by atoms with E-state index in [2.05, 4.69) is 4.98 Å². The SMILES string of the molecule is Cc1cc(COc2ccc3c(C)cc(=O)oc3c2)c2ccccc2n1. The third-order valence-corrected chi connectivity index (χ3v) is 4.25. The first-order valence-electron chi connectivity index (χ1n) is 8.13. The lowest BCUT2D eigenvalue weighted by molar-refractivity contribution is 0.307. The van der Waals surface area contributed by atoms with Gasteiger partial charge >= 0.3 is 5.63 Å². The van der Waals surface area contributed by atoms with Crippen molar-refractivity contribution in [1.29, 1.82) is 0 Å². The summed E-state index contributed by atoms with van der Waals surface area (Å²) in [6.45, 7) is 4.29. The number of ether oxygens (including phenoxy) is 1. The molecule has 0 aliphatic carbocycles. The Bertz CT molecular complexity index is 1140. The second-order valence-corrected chi connectivity index (χ2v) is 6.13. The summed E-state index contributed by atoms with van der Waals surface area (Å²) >= 11 is 0. The van der Waals surface area contributed by atoms with Crippen molar-refractivity contribution in [3.8, 4) is 5.75 Å². The molecule has 2 aromatic heterocycles. The van der Waals surface area contributed by atoms with Crippen molar-refractivity contribution >= 4 is 21.9 Å². The maximum Gasteiger partial charge on any atom is 0.336 e. The molecular weight excluding hydrogens is 314 g/mol. The van der Waals surface area contributed by atoms with Gasteiger partial charge in [-0.25, -0.2) is 4.79 Å². The zero-order valence-corrected chi connectivity index (χ0v) is 14.1. The van der Waals surface area contributed by atoms with E-state index in [0.717, 1.165) is 33.1 Å². The third kappa shape index (κ3) is 2.98. The molecule has 0 atom stereocenters. The molecule has 2 aromatic carbocycles. The van der Waals surface area contributed by atoms with Crippen LogP contribution in [0.1, 0.15) is 16.8 Å². The zero-order valence-electron chi connectivity index (χ0n) is 14.1. The highest BCUT2D eigenvalue weighted by Gasteiger charge is 2.07. The van der Waals surface area contributed by atoms with Crippen molar-refractivity contribution in [2.75, 3.05) is 0 Å². The molecule has 4 aromatic rings. The molecule has 0 spiro atoms. The van der Waals surface area contributed by atoms with Gasteiger partial charge in [0, 0.05) is 34.2 Å². The van der Waals surface area contributed by atoms with Crippen LogP contribution < -0.4 is 10.4 Å². The lowest BCUT2D eigenvalue weighted by Gasteiger charge is -2.10. The van der Waals surface area contributed by atoms with Gasteiger partial charge in [-0.05, 0) is 43.7 Å². The van der Waals surface area contributed by atoms with E-state index in [4.69, 9.17) is 9.15 Å². The topological polar surface area (TPSA) is 52.3 Å². The van der Waals surface area contributed by atoms with Gasteiger partial charge in [-0.3, -0.25) is 4.98 Å². The van der Waals surface area contributed by atoms with E-state index in [1.807, 2.05) is 56.3 Å². The minimum atomic E-state index is -0.349. The Morgan fingerprint density at radius 3 is 2.72 bits per heavy atom. The minimum Gasteiger partial charge on any atom is -0.489 e. The standard InChI is InChI=1S/C21H17NO3/c1-13-9-21(23)25-20-11-16(7-8-17(13)20)24-12-15-10-14(2)22-19-6-4-3-5-18(15)19/h3-11H,12H2,1-2H3. The molecule has 124 valence electrons. The molecule has 25 heavy (non-hydrogen) atoms. The molecule has 0 amide bonds. The zero-order chi connectivity index (χ0) is 17.4. The molecule has 4 heteroatoms. The van der Waals surface area contributed by atoms with Gasteiger partial charge in [0.15, 0.2) is 0 Å². The van der Waals surface area contributed by atoms with E-state index in [1.165, 1.54) is 6.07 Å². The number of aromatic nitrogens is 1. The molecule has 0 saturated heterocycles. The number of rotatable bonds is 3. The fourth-order valence-corrected chi connectivity index (χ4v) is 3.07. The smallest absolute Gasteiger partial charge is 0.336 e. The molecule has 0 bridgehead atoms. The number of fused-ring (bicyclic) bond motifs is 2. The lowest BCUT2D eigenvalue weighted by atomic mass is 10.1. The van der Waals surface area contributed by atoms with Crippen molar-refractivity contribution in [3.63, 3.8) is 0 Å². The van der Waals surface area contributed by atoms with Crippen LogP contribution in [0, 0.1) is 13.8 Å². The summed E-state index contributed by atoms with van der Waals surface area (Å²) < 4.78 is 11.2. The van der Waals surface area contributed by atoms with Crippen LogP contribution in [-0.4, -0.2) is 4.98 Å². The van der Waals surface area contributed by atoms with Gasteiger partial charge in [-0.2, -0.15) is 0 Å². The van der Waals surface area contributed by atoms with E-state index in [9.17, 15) is 4.79 Å². The highest BCUT2D eigenvalue weighted by Crippen LogP contribution is 2.24. The maximum atomic E-state index is 11.6. The first kappa shape index (κ1) is 15.4. The summed E-state index contributed by atoms with van der Waals surface area (Å²) in [7, 11) is 0. The monoisotopic (exact) mass is 331 g/mol. The van der Waals surface area contributed by atoms with E-state index in [-0.39, 0.29) is 5.63 Å². The number of hydrogen-bond donors (Lipinski definition) is 0. The van der Waals surface area contributed by atoms with Gasteiger partial charge < -0.3 is 9.15 Å². The van der Waals surface area contributed by atoms with Crippen LogP contribution in [0.5, 0.6) is 5.75 Å². The van der Waals surface area contributed by atoms with E-state index < -0.39 is 0 Å². The molecule has 0 saturated carbocycles. The summed E-state index contributed by atoms with van der Waals surface area (Å²) in [6, 6.07) is 17.1. The Balaban J connectivity index is 1.68. The molecule has 0 N–H and O–H groups in total. The average molecular weight is 331 g/mol. The van der Waals surface area contributed by atoms with Crippen molar-refractivity contribution < 1.29 is 9.15 Å². The average Bonchev–Trinajstić information content (AvgIpc) is 2.59. The summed E-state index contributed by atoms with van der Waals surface area (Å²) in [4.78, 5) is 16.1. The Labute approximate surface area is 144 Å². The summed E-state index contributed by atoms with van der Waals surface area (Å²) in [5, 5.41) is 1.99. The van der Waals surface area contributed by atoms with Crippen LogP contribution in [0.3, 0.4) is 0 Å². The molecule has 0 aliphatic rings. The van der Waals surface area contributed by atoms with E-state index >= 15 is 0 Å². The maximum absolute atomic E-state index is 11.6. The number of para-hydroxylation sites is 1. The van der Waals surface area contributed by atoms with Gasteiger partial charge in [-0.15, -0.1) is 0 Å². The largest absolute Gasteiger partial charge is 0.489 e. The second kappa shape index (κ2) is 6.06. The first-order chi connectivity index (χ1) is 12.1. The normalized spacial score (nSPS) is 11.1. The van der Waals surface area contributed by atoms with Crippen LogP contribution in [0.15, 0.2) is 63.8 Å². The molecule has 0 radical (unpaired) electrons. The first-order valence-corrected chi connectivity index (χ1v) is 8.13. The highest BCUT2D eigenvalue weighted by atomic mass is 16.5. The number of benzene rings is 2. The Morgan fingerprint density at radius 2 is 1.84 bits per heavy atom. The number of hydrogen-bond acceptors (Lipinski definition) is 4. The quantitative estimate of drug-likeness (QED) is 0.517. The molecule has 4 rings (SSSR count). The van der Waals surface area contributed by atoms with Gasteiger partial charge in [-0.1, -0.05) is 18.2 Å². The van der Waals surface area contributed by atoms with Crippen LogP contribution in [0.2, 0.25) is 0 Å². The number of aryl methyl sites for hydroxylation is 2. The van der Waals surface area contributed by atoms with E-state index in [1.54, 1.807) is 6.07 Å². The molecule has 2 heterocycles. The third-order valence-electron chi connectivity index (χ3n) is 4.25. The fourth-order valence-electron chi connectivity index (χ4n) is 3.07. The van der Waals surface area contributed by atoms with Crippen LogP contribution in [0.4, 0.5) is 0 Å². The molecule has 0 unspecified atom stereocenters. The van der Waals surface area contributed by atoms with E-state index in [0.29, 0.717) is 17.9 Å². The molecule has 0 fully saturated rings. The summed E-state index contributed by atoms with van der Waals surface area (Å²) in [6.07, 6.45) is 0. The van der Waals surface area contributed by atoms with Crippen molar-refractivity contribution in [1.82, 2.24) is 4.98 Å². The summed E-state index contributed by atoms with van der Waals surface area (Å²) in [5.41, 5.74) is 4.08.